The molecule has 1 unspecified atom stereocenters. The summed E-state index contributed by atoms with van der Waals surface area (Å²) in [5.41, 5.74) is 1.56. The summed E-state index contributed by atoms with van der Waals surface area (Å²) in [4.78, 5) is 10.8. The van der Waals surface area contributed by atoms with Crippen molar-refractivity contribution in [2.24, 2.45) is 7.05 Å². The van der Waals surface area contributed by atoms with Crippen LogP contribution in [0.2, 0.25) is 0 Å². The second-order valence-electron chi connectivity index (χ2n) is 3.48. The van der Waals surface area contributed by atoms with Gasteiger partial charge in [-0.1, -0.05) is 6.92 Å². The maximum Gasteiger partial charge on any atom is 0.344 e. The minimum absolute atomic E-state index is 0.434. The van der Waals surface area contributed by atoms with Gasteiger partial charge in [0.2, 0.25) is 0 Å². The number of hydrogen-bond donors (Lipinski definition) is 1. The molecule has 0 radical (unpaired) electrons. The number of rotatable bonds is 4. The molecule has 1 aromatic heterocycles. The summed E-state index contributed by atoms with van der Waals surface area (Å²) in [5.74, 6) is -0.369. The van der Waals surface area contributed by atoms with Crippen molar-refractivity contribution in [3.8, 4) is 5.75 Å². The fourth-order valence-corrected chi connectivity index (χ4v) is 1.38. The zero-order chi connectivity index (χ0) is 11.6. The minimum atomic E-state index is -0.944. The Morgan fingerprint density at radius 3 is 2.53 bits per heavy atom. The maximum atomic E-state index is 10.8. The smallest absolute Gasteiger partial charge is 0.344 e. The fraction of sp³-hybridized carbons (Fsp3) is 0.600. The van der Waals surface area contributed by atoms with Crippen LogP contribution in [-0.4, -0.2) is 27.0 Å². The van der Waals surface area contributed by atoms with E-state index in [1.54, 1.807) is 25.6 Å². The predicted molar refractivity (Wildman–Crippen MR) is 55.0 cm³/mol. The van der Waals surface area contributed by atoms with E-state index in [1.165, 1.54) is 0 Å². The van der Waals surface area contributed by atoms with E-state index in [0.29, 0.717) is 12.2 Å². The summed E-state index contributed by atoms with van der Waals surface area (Å²) in [6.45, 7) is 5.43. The number of nitrogens with zero attached hydrogens (tertiary/aromatic N) is 2. The van der Waals surface area contributed by atoms with Gasteiger partial charge in [-0.3, -0.25) is 4.68 Å². The summed E-state index contributed by atoms with van der Waals surface area (Å²) in [5, 5.41) is 13.0. The lowest BCUT2D eigenvalue weighted by Gasteiger charge is -2.13. The lowest BCUT2D eigenvalue weighted by molar-refractivity contribution is -0.145. The molecule has 0 saturated carbocycles. The van der Waals surface area contributed by atoms with Gasteiger partial charge in [0, 0.05) is 7.05 Å². The molecule has 5 heteroatoms. The first-order chi connectivity index (χ1) is 6.97. The van der Waals surface area contributed by atoms with Gasteiger partial charge in [0.1, 0.15) is 5.69 Å². The Morgan fingerprint density at radius 2 is 2.20 bits per heavy atom. The quantitative estimate of drug-likeness (QED) is 0.816. The summed E-state index contributed by atoms with van der Waals surface area (Å²) in [7, 11) is 1.80. The average Bonchev–Trinajstić information content (AvgIpc) is 2.39. The molecule has 1 heterocycles. The van der Waals surface area contributed by atoms with E-state index in [-0.39, 0.29) is 0 Å². The Morgan fingerprint density at radius 1 is 1.60 bits per heavy atom. The van der Waals surface area contributed by atoms with E-state index in [2.05, 4.69) is 5.10 Å². The molecule has 0 aliphatic rings. The molecule has 5 nitrogen and oxygen atoms in total. The van der Waals surface area contributed by atoms with Crippen LogP contribution in [0.1, 0.15) is 24.7 Å². The third-order valence-electron chi connectivity index (χ3n) is 2.35. The van der Waals surface area contributed by atoms with Gasteiger partial charge < -0.3 is 9.84 Å². The highest BCUT2D eigenvalue weighted by molar-refractivity contribution is 5.72. The molecule has 1 aromatic rings. The summed E-state index contributed by atoms with van der Waals surface area (Å²) in [6.07, 6.45) is -0.366. The van der Waals surface area contributed by atoms with Crippen LogP contribution in [0.5, 0.6) is 5.75 Å². The van der Waals surface area contributed by atoms with Crippen LogP contribution >= 0.6 is 0 Å². The van der Waals surface area contributed by atoms with Crippen LogP contribution in [0, 0.1) is 13.8 Å². The Labute approximate surface area is 88.7 Å². The van der Waals surface area contributed by atoms with Crippen molar-refractivity contribution in [2.45, 2.75) is 33.3 Å². The summed E-state index contributed by atoms with van der Waals surface area (Å²) < 4.78 is 7.10. The largest absolute Gasteiger partial charge is 0.479 e. The molecule has 0 bridgehead atoms. The van der Waals surface area contributed by atoms with E-state index < -0.39 is 12.1 Å². The number of carboxylic acids is 1. The van der Waals surface area contributed by atoms with E-state index in [0.717, 1.165) is 11.4 Å². The van der Waals surface area contributed by atoms with Gasteiger partial charge in [0.15, 0.2) is 11.9 Å². The van der Waals surface area contributed by atoms with Gasteiger partial charge in [-0.15, -0.1) is 0 Å². The monoisotopic (exact) mass is 212 g/mol. The van der Waals surface area contributed by atoms with Crippen molar-refractivity contribution in [1.29, 1.82) is 0 Å². The Bertz CT molecular complexity index is 371. The molecular formula is C10H16N2O3. The number of aryl methyl sites for hydroxylation is 2. The first-order valence-electron chi connectivity index (χ1n) is 4.87. The number of carboxylic acid groups (broad SMARTS) is 1. The lowest BCUT2D eigenvalue weighted by atomic mass is 10.2. The SMILES string of the molecule is CCC(Oc1c(C)nn(C)c1C)C(=O)O. The Hall–Kier alpha value is -1.52. The Balaban J connectivity index is 2.92. The summed E-state index contributed by atoms with van der Waals surface area (Å²) in [6, 6.07) is 0. The molecule has 0 aliphatic carbocycles. The topological polar surface area (TPSA) is 64.4 Å². The number of ether oxygens (including phenoxy) is 1. The number of carbonyl (C=O) groups is 1. The van der Waals surface area contributed by atoms with E-state index in [9.17, 15) is 4.79 Å². The molecule has 0 aliphatic heterocycles. The number of aliphatic carboxylic acids is 1. The van der Waals surface area contributed by atoms with E-state index >= 15 is 0 Å². The first-order valence-corrected chi connectivity index (χ1v) is 4.87. The molecule has 0 saturated heterocycles. The normalized spacial score (nSPS) is 12.5. The second-order valence-corrected chi connectivity index (χ2v) is 3.48. The lowest BCUT2D eigenvalue weighted by Crippen LogP contribution is -2.26. The van der Waals surface area contributed by atoms with Gasteiger partial charge in [-0.25, -0.2) is 4.79 Å². The van der Waals surface area contributed by atoms with Gasteiger partial charge in [-0.2, -0.15) is 5.10 Å². The molecule has 1 atom stereocenters. The van der Waals surface area contributed by atoms with Crippen LogP contribution in [0.15, 0.2) is 0 Å². The van der Waals surface area contributed by atoms with Crippen LogP contribution in [0.4, 0.5) is 0 Å². The van der Waals surface area contributed by atoms with Crippen LogP contribution in [-0.2, 0) is 11.8 Å². The van der Waals surface area contributed by atoms with E-state index in [4.69, 9.17) is 9.84 Å². The average molecular weight is 212 g/mol. The third kappa shape index (κ3) is 2.29. The van der Waals surface area contributed by atoms with Gasteiger partial charge in [0.05, 0.1) is 5.69 Å². The highest BCUT2D eigenvalue weighted by Gasteiger charge is 2.20. The molecular weight excluding hydrogens is 196 g/mol. The van der Waals surface area contributed by atoms with Gasteiger partial charge in [0.25, 0.3) is 0 Å². The van der Waals surface area contributed by atoms with Crippen LogP contribution in [0.25, 0.3) is 0 Å². The summed E-state index contributed by atoms with van der Waals surface area (Å²) >= 11 is 0. The van der Waals surface area contributed by atoms with Crippen molar-refractivity contribution >= 4 is 5.97 Å². The first kappa shape index (κ1) is 11.6. The third-order valence-corrected chi connectivity index (χ3v) is 2.35. The van der Waals surface area contributed by atoms with E-state index in [1.807, 2.05) is 6.92 Å². The maximum absolute atomic E-state index is 10.8. The van der Waals surface area contributed by atoms with Gasteiger partial charge >= 0.3 is 5.97 Å². The highest BCUT2D eigenvalue weighted by atomic mass is 16.5. The van der Waals surface area contributed by atoms with Crippen LogP contribution in [0.3, 0.4) is 0 Å². The molecule has 0 spiro atoms. The molecule has 0 fully saturated rings. The molecule has 15 heavy (non-hydrogen) atoms. The predicted octanol–water partition coefficient (Wildman–Crippen LogP) is 1.28. The van der Waals surface area contributed by atoms with Crippen molar-refractivity contribution < 1.29 is 14.6 Å². The molecule has 1 N–H and O–H groups in total. The van der Waals surface area contributed by atoms with Gasteiger partial charge in [-0.05, 0) is 20.3 Å². The number of hydrogen-bond acceptors (Lipinski definition) is 3. The highest BCUT2D eigenvalue weighted by Crippen LogP contribution is 2.23. The molecule has 0 aromatic carbocycles. The fourth-order valence-electron chi connectivity index (χ4n) is 1.38. The van der Waals surface area contributed by atoms with Crippen molar-refractivity contribution in [1.82, 2.24) is 9.78 Å². The Kier molecular flexibility index (Phi) is 3.34. The molecule has 1 rings (SSSR count). The zero-order valence-electron chi connectivity index (χ0n) is 9.44. The zero-order valence-corrected chi connectivity index (χ0v) is 9.44. The molecule has 0 amide bonds. The van der Waals surface area contributed by atoms with Crippen molar-refractivity contribution in [3.63, 3.8) is 0 Å². The van der Waals surface area contributed by atoms with Crippen molar-refractivity contribution in [2.75, 3.05) is 0 Å². The van der Waals surface area contributed by atoms with Crippen LogP contribution < -0.4 is 4.74 Å². The molecule has 84 valence electrons. The number of aromatic nitrogens is 2. The standard InChI is InChI=1S/C10H16N2O3/c1-5-8(10(13)14)15-9-6(2)11-12(4)7(9)3/h8H,5H2,1-4H3,(H,13,14). The second kappa shape index (κ2) is 4.33. The van der Waals surface area contributed by atoms with Crippen molar-refractivity contribution in [3.05, 3.63) is 11.4 Å². The minimum Gasteiger partial charge on any atom is -0.479 e.